The van der Waals surface area contributed by atoms with Crippen molar-refractivity contribution in [1.29, 1.82) is 0 Å². The third-order valence-corrected chi connectivity index (χ3v) is 5.47. The molecule has 1 unspecified atom stereocenters. The summed E-state index contributed by atoms with van der Waals surface area (Å²) in [5.41, 5.74) is -2.01. The van der Waals surface area contributed by atoms with Gasteiger partial charge in [0.15, 0.2) is 0 Å². The number of hydrogen-bond acceptors (Lipinski definition) is 3. The number of esters is 1. The van der Waals surface area contributed by atoms with E-state index >= 15 is 0 Å². The van der Waals surface area contributed by atoms with E-state index in [2.05, 4.69) is 0 Å². The molecule has 0 amide bonds. The van der Waals surface area contributed by atoms with Crippen LogP contribution < -0.4 is 0 Å². The molecular formula is C20H25F6NO2. The van der Waals surface area contributed by atoms with Crippen LogP contribution in [0.3, 0.4) is 0 Å². The molecule has 0 spiro atoms. The predicted molar refractivity (Wildman–Crippen MR) is 95.2 cm³/mol. The molecule has 0 radical (unpaired) electrons. The zero-order valence-electron chi connectivity index (χ0n) is 16.4. The molecule has 0 aromatic heterocycles. The summed E-state index contributed by atoms with van der Waals surface area (Å²) >= 11 is 0. The first-order valence-electron chi connectivity index (χ1n) is 9.51. The van der Waals surface area contributed by atoms with Crippen LogP contribution >= 0.6 is 0 Å². The highest BCUT2D eigenvalue weighted by Crippen LogP contribution is 2.41. The van der Waals surface area contributed by atoms with Gasteiger partial charge in [0, 0.05) is 6.04 Å². The lowest BCUT2D eigenvalue weighted by Crippen LogP contribution is -2.49. The van der Waals surface area contributed by atoms with E-state index in [1.165, 1.54) is 25.1 Å². The molecule has 9 heteroatoms. The maximum absolute atomic E-state index is 13.4. The summed E-state index contributed by atoms with van der Waals surface area (Å²) in [6.07, 6.45) is -9.73. The molecule has 1 aliphatic rings. The van der Waals surface area contributed by atoms with Crippen molar-refractivity contribution in [1.82, 2.24) is 4.90 Å². The van der Waals surface area contributed by atoms with Gasteiger partial charge in [-0.2, -0.15) is 26.3 Å². The molecule has 2 rings (SSSR count). The van der Waals surface area contributed by atoms with E-state index in [1.807, 2.05) is 0 Å². The van der Waals surface area contributed by atoms with Gasteiger partial charge in [0.2, 0.25) is 0 Å². The molecule has 1 heterocycles. The second-order valence-electron chi connectivity index (χ2n) is 7.54. The largest absolute Gasteiger partial charge is 0.466 e. The van der Waals surface area contributed by atoms with Gasteiger partial charge in [-0.25, -0.2) is 0 Å². The Balaban J connectivity index is 2.24. The maximum Gasteiger partial charge on any atom is 0.416 e. The van der Waals surface area contributed by atoms with Gasteiger partial charge in [-0.1, -0.05) is 18.2 Å². The Hall–Kier alpha value is -1.77. The summed E-state index contributed by atoms with van der Waals surface area (Å²) in [6.45, 7) is 3.52. The quantitative estimate of drug-likeness (QED) is 0.462. The van der Waals surface area contributed by atoms with Crippen LogP contribution in [0.2, 0.25) is 0 Å². The number of alkyl halides is 6. The van der Waals surface area contributed by atoms with Crippen molar-refractivity contribution >= 4 is 5.97 Å². The fourth-order valence-electron chi connectivity index (χ4n) is 3.91. The molecule has 1 atom stereocenters. The first-order valence-corrected chi connectivity index (χ1v) is 9.51. The number of benzene rings is 1. The number of carbonyl (C=O) groups is 1. The first kappa shape index (κ1) is 23.5. The molecule has 164 valence electrons. The Morgan fingerprint density at radius 1 is 1.14 bits per heavy atom. The lowest BCUT2D eigenvalue weighted by atomic mass is 9.72. The third-order valence-electron chi connectivity index (χ3n) is 5.47. The number of halogens is 6. The Morgan fingerprint density at radius 2 is 1.72 bits per heavy atom. The standard InChI is InChI=1S/C20H25F6NO2/c1-3-29-17(28)18(13-15-6-4-5-7-16(15)20(24,25)26)8-10-27(11-9-18)14(2)12-19(21,22)23/h4-7,14H,3,8-13H2,1-2H3. The topological polar surface area (TPSA) is 29.5 Å². The molecule has 1 fully saturated rings. The Morgan fingerprint density at radius 3 is 2.24 bits per heavy atom. The number of likely N-dealkylation sites (tertiary alicyclic amines) is 1. The van der Waals surface area contributed by atoms with E-state index in [4.69, 9.17) is 4.74 Å². The van der Waals surface area contributed by atoms with Crippen LogP contribution in [0, 0.1) is 5.41 Å². The molecule has 1 aromatic carbocycles. The zero-order chi connectivity index (χ0) is 21.9. The van der Waals surface area contributed by atoms with Gasteiger partial charge in [0.1, 0.15) is 0 Å². The minimum atomic E-state index is -4.56. The van der Waals surface area contributed by atoms with E-state index in [1.54, 1.807) is 11.8 Å². The van der Waals surface area contributed by atoms with Crippen molar-refractivity contribution in [3.8, 4) is 0 Å². The minimum Gasteiger partial charge on any atom is -0.466 e. The summed E-state index contributed by atoms with van der Waals surface area (Å²) in [7, 11) is 0. The van der Waals surface area contributed by atoms with Crippen molar-refractivity contribution < 1.29 is 35.9 Å². The molecule has 1 aromatic rings. The molecule has 0 aliphatic carbocycles. The lowest BCUT2D eigenvalue weighted by molar-refractivity contribution is -0.162. The van der Waals surface area contributed by atoms with E-state index in [0.29, 0.717) is 0 Å². The van der Waals surface area contributed by atoms with Gasteiger partial charge < -0.3 is 9.64 Å². The summed E-state index contributed by atoms with van der Waals surface area (Å²) < 4.78 is 83.3. The second kappa shape index (κ2) is 8.93. The van der Waals surface area contributed by atoms with Crippen molar-refractivity contribution in [3.63, 3.8) is 0 Å². The molecule has 1 aliphatic heterocycles. The minimum absolute atomic E-state index is 0.00940. The summed E-state index contributed by atoms with van der Waals surface area (Å²) in [5.74, 6) is -0.597. The molecule has 0 N–H and O–H groups in total. The molecule has 3 nitrogen and oxygen atoms in total. The summed E-state index contributed by atoms with van der Waals surface area (Å²) in [4.78, 5) is 14.3. The van der Waals surface area contributed by atoms with Crippen LogP contribution in [0.15, 0.2) is 24.3 Å². The Labute approximate surface area is 166 Å². The van der Waals surface area contributed by atoms with Crippen LogP contribution in [-0.2, 0) is 22.1 Å². The number of hydrogen-bond donors (Lipinski definition) is 0. The van der Waals surface area contributed by atoms with Crippen molar-refractivity contribution in [2.45, 2.75) is 57.9 Å². The fraction of sp³-hybridized carbons (Fsp3) is 0.650. The van der Waals surface area contributed by atoms with Crippen LogP contribution in [0.25, 0.3) is 0 Å². The van der Waals surface area contributed by atoms with Gasteiger partial charge in [0.25, 0.3) is 0 Å². The van der Waals surface area contributed by atoms with Crippen molar-refractivity contribution in [2.24, 2.45) is 5.41 Å². The van der Waals surface area contributed by atoms with E-state index in [9.17, 15) is 31.1 Å². The van der Waals surface area contributed by atoms with Gasteiger partial charge >= 0.3 is 18.3 Å². The van der Waals surface area contributed by atoms with Crippen LogP contribution in [0.4, 0.5) is 26.3 Å². The third kappa shape index (κ3) is 6.10. The average molecular weight is 425 g/mol. The predicted octanol–water partition coefficient (Wildman–Crippen LogP) is 5.23. The number of piperidine rings is 1. The molecular weight excluding hydrogens is 400 g/mol. The fourth-order valence-corrected chi connectivity index (χ4v) is 3.91. The number of carbonyl (C=O) groups excluding carboxylic acids is 1. The number of nitrogens with zero attached hydrogens (tertiary/aromatic N) is 1. The number of rotatable bonds is 6. The Kier molecular flexibility index (Phi) is 7.24. The lowest BCUT2D eigenvalue weighted by Gasteiger charge is -2.42. The Bertz CT molecular complexity index is 693. The van der Waals surface area contributed by atoms with Gasteiger partial charge in [-0.15, -0.1) is 0 Å². The van der Waals surface area contributed by atoms with Gasteiger partial charge in [0.05, 0.1) is 24.0 Å². The summed E-state index contributed by atoms with van der Waals surface area (Å²) in [6, 6.07) is 4.30. The molecule has 0 bridgehead atoms. The first-order chi connectivity index (χ1) is 13.4. The summed E-state index contributed by atoms with van der Waals surface area (Å²) in [5, 5.41) is 0. The van der Waals surface area contributed by atoms with Gasteiger partial charge in [-0.3, -0.25) is 4.79 Å². The van der Waals surface area contributed by atoms with E-state index < -0.39 is 41.8 Å². The average Bonchev–Trinajstić information content (AvgIpc) is 2.60. The smallest absolute Gasteiger partial charge is 0.416 e. The molecule has 1 saturated heterocycles. The SMILES string of the molecule is CCOC(=O)C1(Cc2ccccc2C(F)(F)F)CCN(C(C)CC(F)(F)F)CC1. The van der Waals surface area contributed by atoms with Crippen LogP contribution in [0.1, 0.15) is 44.2 Å². The van der Waals surface area contributed by atoms with Crippen LogP contribution in [-0.4, -0.2) is 42.8 Å². The van der Waals surface area contributed by atoms with Crippen LogP contribution in [0.5, 0.6) is 0 Å². The second-order valence-corrected chi connectivity index (χ2v) is 7.54. The highest BCUT2D eigenvalue weighted by atomic mass is 19.4. The molecule has 29 heavy (non-hydrogen) atoms. The normalized spacial score (nSPS) is 19.0. The zero-order valence-corrected chi connectivity index (χ0v) is 16.4. The van der Waals surface area contributed by atoms with E-state index in [0.717, 1.165) is 6.07 Å². The maximum atomic E-state index is 13.4. The van der Waals surface area contributed by atoms with Gasteiger partial charge in [-0.05, 0) is 57.8 Å². The number of ether oxygens (including phenoxy) is 1. The van der Waals surface area contributed by atoms with E-state index in [-0.39, 0.29) is 44.5 Å². The highest BCUT2D eigenvalue weighted by molar-refractivity contribution is 5.77. The monoisotopic (exact) mass is 425 g/mol. The molecule has 0 saturated carbocycles. The highest BCUT2D eigenvalue weighted by Gasteiger charge is 2.46. The van der Waals surface area contributed by atoms with Crippen molar-refractivity contribution in [2.75, 3.05) is 19.7 Å². The van der Waals surface area contributed by atoms with Crippen molar-refractivity contribution in [3.05, 3.63) is 35.4 Å².